The van der Waals surface area contributed by atoms with Crippen LogP contribution in [0.2, 0.25) is 0 Å². The number of carbonyl (C=O) groups excluding carboxylic acids is 1. The van der Waals surface area contributed by atoms with Crippen molar-refractivity contribution in [2.45, 2.75) is 18.9 Å². The van der Waals surface area contributed by atoms with E-state index in [2.05, 4.69) is 5.32 Å². The zero-order valence-electron chi connectivity index (χ0n) is 7.79. The summed E-state index contributed by atoms with van der Waals surface area (Å²) in [6.07, 6.45) is 1.52. The molecule has 1 aromatic rings. The predicted octanol–water partition coefficient (Wildman–Crippen LogP) is 1.76. The van der Waals surface area contributed by atoms with E-state index in [0.717, 1.165) is 13.0 Å². The summed E-state index contributed by atoms with van der Waals surface area (Å²) in [5, 5.41) is 3.15. The van der Waals surface area contributed by atoms with Crippen molar-refractivity contribution >= 4 is 5.78 Å². The van der Waals surface area contributed by atoms with Gasteiger partial charge in [-0.1, -0.05) is 12.1 Å². The summed E-state index contributed by atoms with van der Waals surface area (Å²) in [6, 6.07) is 6.16. The maximum absolute atomic E-state index is 12.8. The zero-order valence-corrected chi connectivity index (χ0v) is 7.79. The Labute approximate surface area is 82.1 Å². The van der Waals surface area contributed by atoms with Gasteiger partial charge in [-0.25, -0.2) is 4.39 Å². The molecule has 2 nitrogen and oxygen atoms in total. The van der Waals surface area contributed by atoms with Crippen molar-refractivity contribution in [2.24, 2.45) is 0 Å². The van der Waals surface area contributed by atoms with Crippen LogP contribution >= 0.6 is 0 Å². The maximum Gasteiger partial charge on any atom is 0.164 e. The van der Waals surface area contributed by atoms with Gasteiger partial charge in [0.15, 0.2) is 5.78 Å². The van der Waals surface area contributed by atoms with Crippen LogP contribution in [0.3, 0.4) is 0 Å². The first-order valence-corrected chi connectivity index (χ1v) is 4.78. The number of nitrogens with one attached hydrogen (secondary N) is 1. The van der Waals surface area contributed by atoms with Crippen molar-refractivity contribution in [1.82, 2.24) is 5.32 Å². The molecular formula is C11H12FNO. The Balaban J connectivity index is 2.02. The largest absolute Gasteiger partial charge is 0.313 e. The fraction of sp³-hybridized carbons (Fsp3) is 0.364. The highest BCUT2D eigenvalue weighted by atomic mass is 19.1. The number of rotatable bonds is 3. The van der Waals surface area contributed by atoms with Gasteiger partial charge in [0, 0.05) is 18.0 Å². The van der Waals surface area contributed by atoms with Gasteiger partial charge in [0.05, 0.1) is 0 Å². The van der Waals surface area contributed by atoms with Crippen LogP contribution in [0, 0.1) is 5.82 Å². The molecule has 1 aliphatic rings. The Morgan fingerprint density at radius 2 is 2.36 bits per heavy atom. The maximum atomic E-state index is 12.8. The molecule has 1 aliphatic heterocycles. The van der Waals surface area contributed by atoms with Crippen molar-refractivity contribution in [3.8, 4) is 0 Å². The van der Waals surface area contributed by atoms with Crippen LogP contribution < -0.4 is 5.32 Å². The van der Waals surface area contributed by atoms with E-state index in [1.807, 2.05) is 0 Å². The highest BCUT2D eigenvalue weighted by Crippen LogP contribution is 2.12. The lowest BCUT2D eigenvalue weighted by Crippen LogP contribution is -2.44. The second-order valence-corrected chi connectivity index (χ2v) is 3.58. The van der Waals surface area contributed by atoms with Gasteiger partial charge in [-0.05, 0) is 25.1 Å². The summed E-state index contributed by atoms with van der Waals surface area (Å²) in [7, 11) is 0. The molecule has 0 aromatic heterocycles. The van der Waals surface area contributed by atoms with Crippen LogP contribution in [0.25, 0.3) is 0 Å². The van der Waals surface area contributed by atoms with Crippen molar-refractivity contribution in [3.63, 3.8) is 0 Å². The van der Waals surface area contributed by atoms with E-state index in [1.54, 1.807) is 12.1 Å². The van der Waals surface area contributed by atoms with E-state index >= 15 is 0 Å². The third-order valence-electron chi connectivity index (χ3n) is 2.50. The van der Waals surface area contributed by atoms with Gasteiger partial charge in [-0.3, -0.25) is 4.79 Å². The monoisotopic (exact) mass is 193 g/mol. The molecule has 0 bridgehead atoms. The molecule has 0 aliphatic carbocycles. The van der Waals surface area contributed by atoms with Crippen LogP contribution in [0.1, 0.15) is 23.2 Å². The fourth-order valence-corrected chi connectivity index (χ4v) is 1.53. The summed E-state index contributed by atoms with van der Waals surface area (Å²) >= 11 is 0. The third kappa shape index (κ3) is 1.99. The van der Waals surface area contributed by atoms with E-state index in [9.17, 15) is 9.18 Å². The first-order chi connectivity index (χ1) is 6.75. The lowest BCUT2D eigenvalue weighted by molar-refractivity contribution is 0.0955. The summed E-state index contributed by atoms with van der Waals surface area (Å²) in [5.41, 5.74) is 0.471. The predicted molar refractivity (Wildman–Crippen MR) is 51.8 cm³/mol. The first kappa shape index (κ1) is 9.34. The number of benzene rings is 1. The fourth-order valence-electron chi connectivity index (χ4n) is 1.53. The standard InChI is InChI=1S/C11H12FNO/c12-9-3-1-2-8(6-9)11(14)7-10-4-5-13-10/h1-3,6,10,13H,4-5,7H2. The minimum atomic E-state index is -0.350. The summed E-state index contributed by atoms with van der Waals surface area (Å²) < 4.78 is 12.8. The molecule has 1 unspecified atom stereocenters. The Hall–Kier alpha value is -1.22. The molecule has 0 radical (unpaired) electrons. The van der Waals surface area contributed by atoms with Crippen LogP contribution in [0.5, 0.6) is 0 Å². The normalized spacial score (nSPS) is 20.2. The van der Waals surface area contributed by atoms with E-state index < -0.39 is 0 Å². The second-order valence-electron chi connectivity index (χ2n) is 3.58. The first-order valence-electron chi connectivity index (χ1n) is 4.78. The van der Waals surface area contributed by atoms with Gasteiger partial charge < -0.3 is 5.32 Å². The number of Topliss-reactive ketones (excluding diaryl/α,β-unsaturated/α-hetero) is 1. The van der Waals surface area contributed by atoms with Gasteiger partial charge in [-0.15, -0.1) is 0 Å². The Kier molecular flexibility index (Phi) is 2.59. The number of ketones is 1. The van der Waals surface area contributed by atoms with Gasteiger partial charge >= 0.3 is 0 Å². The summed E-state index contributed by atoms with van der Waals surface area (Å²) in [5.74, 6) is -0.334. The minimum Gasteiger partial charge on any atom is -0.313 e. The SMILES string of the molecule is O=C(CC1CCN1)c1cccc(F)c1. The van der Waals surface area contributed by atoms with Crippen molar-refractivity contribution in [2.75, 3.05) is 6.54 Å². The number of hydrogen-bond acceptors (Lipinski definition) is 2. The van der Waals surface area contributed by atoms with Gasteiger partial charge in [-0.2, -0.15) is 0 Å². The molecule has 0 amide bonds. The van der Waals surface area contributed by atoms with Crippen molar-refractivity contribution in [1.29, 1.82) is 0 Å². The van der Waals surface area contributed by atoms with Gasteiger partial charge in [0.25, 0.3) is 0 Å². The van der Waals surface area contributed by atoms with Crippen molar-refractivity contribution < 1.29 is 9.18 Å². The summed E-state index contributed by atoms with van der Waals surface area (Å²) in [4.78, 5) is 11.6. The Bertz CT molecular complexity index is 347. The van der Waals surface area contributed by atoms with E-state index in [1.165, 1.54) is 12.1 Å². The average Bonchev–Trinajstić information content (AvgIpc) is 2.11. The molecule has 1 atom stereocenters. The lowest BCUT2D eigenvalue weighted by Gasteiger charge is -2.26. The molecule has 3 heteroatoms. The highest BCUT2D eigenvalue weighted by Gasteiger charge is 2.20. The van der Waals surface area contributed by atoms with Crippen LogP contribution in [-0.2, 0) is 0 Å². The number of carbonyl (C=O) groups is 1. The average molecular weight is 193 g/mol. The van der Waals surface area contributed by atoms with Gasteiger partial charge in [0.1, 0.15) is 5.82 Å². The topological polar surface area (TPSA) is 29.1 Å². The molecule has 1 aromatic carbocycles. The molecule has 2 rings (SSSR count). The number of halogens is 1. The third-order valence-corrected chi connectivity index (χ3v) is 2.50. The molecule has 14 heavy (non-hydrogen) atoms. The molecule has 0 saturated carbocycles. The molecule has 0 spiro atoms. The van der Waals surface area contributed by atoms with Crippen LogP contribution in [0.4, 0.5) is 4.39 Å². The van der Waals surface area contributed by atoms with E-state index in [0.29, 0.717) is 18.0 Å². The Morgan fingerprint density at radius 3 is 2.93 bits per heavy atom. The van der Waals surface area contributed by atoms with Crippen molar-refractivity contribution in [3.05, 3.63) is 35.6 Å². The smallest absolute Gasteiger partial charge is 0.164 e. The second kappa shape index (κ2) is 3.88. The van der Waals surface area contributed by atoms with E-state index in [4.69, 9.17) is 0 Å². The molecule has 74 valence electrons. The molecular weight excluding hydrogens is 181 g/mol. The summed E-state index contributed by atoms with van der Waals surface area (Å²) in [6.45, 7) is 0.987. The van der Waals surface area contributed by atoms with E-state index in [-0.39, 0.29) is 11.6 Å². The number of hydrogen-bond donors (Lipinski definition) is 1. The minimum absolute atomic E-state index is 0.0155. The Morgan fingerprint density at radius 1 is 1.57 bits per heavy atom. The quantitative estimate of drug-likeness (QED) is 0.741. The molecule has 1 fully saturated rings. The lowest BCUT2D eigenvalue weighted by atomic mass is 9.97. The van der Waals surface area contributed by atoms with Crippen LogP contribution in [0.15, 0.2) is 24.3 Å². The molecule has 1 heterocycles. The molecule has 1 saturated heterocycles. The molecule has 1 N–H and O–H groups in total. The highest BCUT2D eigenvalue weighted by molar-refractivity contribution is 5.96. The zero-order chi connectivity index (χ0) is 9.97. The van der Waals surface area contributed by atoms with Gasteiger partial charge in [0.2, 0.25) is 0 Å². The van der Waals surface area contributed by atoms with Crippen LogP contribution in [-0.4, -0.2) is 18.4 Å².